The third-order valence-corrected chi connectivity index (χ3v) is 4.41. The van der Waals surface area contributed by atoms with E-state index >= 15 is 0 Å². The third kappa shape index (κ3) is 3.24. The summed E-state index contributed by atoms with van der Waals surface area (Å²) in [6.45, 7) is 0. The molecular weight excluding hydrogens is 351 g/mol. The van der Waals surface area contributed by atoms with Gasteiger partial charge in [0.2, 0.25) is 0 Å². The fourth-order valence-electron chi connectivity index (χ4n) is 2.89. The second-order valence-corrected chi connectivity index (χ2v) is 6.39. The van der Waals surface area contributed by atoms with Gasteiger partial charge < -0.3 is 5.11 Å². The number of rotatable bonds is 2. The fraction of sp³-hybridized carbons (Fsp3) is 0.0476. The molecule has 128 valence electrons. The van der Waals surface area contributed by atoms with Crippen LogP contribution in [0.3, 0.4) is 0 Å². The number of aromatic hydroxyl groups is 1. The molecule has 0 aromatic heterocycles. The van der Waals surface area contributed by atoms with Crippen molar-refractivity contribution < 1.29 is 9.50 Å². The van der Waals surface area contributed by atoms with E-state index in [9.17, 15) is 9.50 Å². The minimum atomic E-state index is -0.301. The van der Waals surface area contributed by atoms with Crippen LogP contribution in [0.25, 0.3) is 0 Å². The lowest BCUT2D eigenvalue weighted by Crippen LogP contribution is -2.10. The summed E-state index contributed by atoms with van der Waals surface area (Å²) in [7, 11) is 0. The van der Waals surface area contributed by atoms with Crippen molar-refractivity contribution >= 4 is 34.4 Å². The molecule has 0 aliphatic carbocycles. The molecule has 3 aromatic rings. The van der Waals surface area contributed by atoms with Crippen molar-refractivity contribution in [1.29, 1.82) is 0 Å². The van der Waals surface area contributed by atoms with Crippen LogP contribution in [0.15, 0.2) is 76.7 Å². The van der Waals surface area contributed by atoms with Gasteiger partial charge in [0, 0.05) is 17.0 Å². The molecule has 0 saturated heterocycles. The van der Waals surface area contributed by atoms with Crippen LogP contribution >= 0.6 is 11.6 Å². The molecule has 0 radical (unpaired) electrons. The number of phenols is 1. The first-order valence-corrected chi connectivity index (χ1v) is 8.47. The summed E-state index contributed by atoms with van der Waals surface area (Å²) in [6, 6.07) is 18.6. The average Bonchev–Trinajstić information content (AvgIpc) is 2.84. The maximum absolute atomic E-state index is 13.3. The second kappa shape index (κ2) is 6.73. The molecule has 0 atom stereocenters. The highest BCUT2D eigenvalue weighted by atomic mass is 35.5. The highest BCUT2D eigenvalue weighted by Gasteiger charge is 2.18. The van der Waals surface area contributed by atoms with Crippen LogP contribution in [0, 0.1) is 5.82 Å². The molecule has 3 nitrogen and oxygen atoms in total. The van der Waals surface area contributed by atoms with Gasteiger partial charge in [-0.15, -0.1) is 0 Å². The van der Waals surface area contributed by atoms with E-state index < -0.39 is 0 Å². The van der Waals surface area contributed by atoms with Crippen molar-refractivity contribution in [2.45, 2.75) is 6.42 Å². The number of nitrogens with zero attached hydrogens (tertiary/aromatic N) is 2. The Morgan fingerprint density at radius 3 is 2.19 bits per heavy atom. The number of benzene rings is 3. The lowest BCUT2D eigenvalue weighted by molar-refractivity contribution is 0.474. The molecule has 0 bridgehead atoms. The predicted molar refractivity (Wildman–Crippen MR) is 103 cm³/mol. The quantitative estimate of drug-likeness (QED) is 0.610. The Bertz CT molecular complexity index is 1040. The van der Waals surface area contributed by atoms with Gasteiger partial charge in [-0.3, -0.25) is 9.98 Å². The van der Waals surface area contributed by atoms with Crippen LogP contribution in [0.1, 0.15) is 17.5 Å². The first kappa shape index (κ1) is 16.5. The van der Waals surface area contributed by atoms with Crippen LogP contribution in [0.5, 0.6) is 5.75 Å². The first-order chi connectivity index (χ1) is 12.6. The van der Waals surface area contributed by atoms with E-state index in [0.717, 1.165) is 17.0 Å². The molecule has 0 fully saturated rings. The summed E-state index contributed by atoms with van der Waals surface area (Å²) in [4.78, 5) is 9.45. The monoisotopic (exact) mass is 364 g/mol. The van der Waals surface area contributed by atoms with Crippen LogP contribution in [-0.2, 0) is 0 Å². The van der Waals surface area contributed by atoms with E-state index in [0.29, 0.717) is 28.4 Å². The Labute approximate surface area is 155 Å². The van der Waals surface area contributed by atoms with Gasteiger partial charge >= 0.3 is 0 Å². The van der Waals surface area contributed by atoms with Gasteiger partial charge in [-0.05, 0) is 48.0 Å². The van der Waals surface area contributed by atoms with Crippen LogP contribution in [-0.4, -0.2) is 16.5 Å². The summed E-state index contributed by atoms with van der Waals surface area (Å²) in [6.07, 6.45) is 0.383. The molecule has 1 aliphatic rings. The Hall–Kier alpha value is -2.98. The highest BCUT2D eigenvalue weighted by Crippen LogP contribution is 2.34. The Balaban J connectivity index is 1.89. The van der Waals surface area contributed by atoms with E-state index in [2.05, 4.69) is 0 Å². The molecule has 0 saturated carbocycles. The zero-order chi connectivity index (χ0) is 18.1. The zero-order valence-corrected chi connectivity index (χ0v) is 14.4. The van der Waals surface area contributed by atoms with Crippen molar-refractivity contribution in [2.24, 2.45) is 9.98 Å². The second-order valence-electron chi connectivity index (χ2n) is 5.95. The lowest BCUT2D eigenvalue weighted by Gasteiger charge is -2.10. The zero-order valence-electron chi connectivity index (χ0n) is 13.7. The summed E-state index contributed by atoms with van der Waals surface area (Å²) in [5.74, 6) is -0.198. The minimum Gasteiger partial charge on any atom is -0.507 e. The van der Waals surface area contributed by atoms with E-state index in [-0.39, 0.29) is 11.6 Å². The molecule has 0 unspecified atom stereocenters. The van der Waals surface area contributed by atoms with Crippen molar-refractivity contribution in [3.05, 3.63) is 88.7 Å². The SMILES string of the molecule is Oc1ccc(Cl)cc1C1=Nc2ccccc2N=C(c2ccc(F)cc2)C1. The van der Waals surface area contributed by atoms with Gasteiger partial charge in [-0.25, -0.2) is 4.39 Å². The van der Waals surface area contributed by atoms with Crippen molar-refractivity contribution in [1.82, 2.24) is 0 Å². The fourth-order valence-corrected chi connectivity index (χ4v) is 3.06. The van der Waals surface area contributed by atoms with Crippen LogP contribution < -0.4 is 0 Å². The number of fused-ring (bicyclic) bond motifs is 1. The molecule has 4 rings (SSSR count). The molecule has 0 amide bonds. The molecule has 3 aromatic carbocycles. The summed E-state index contributed by atoms with van der Waals surface area (Å²) in [5.41, 5.74) is 4.19. The predicted octanol–water partition coefficient (Wildman–Crippen LogP) is 5.83. The summed E-state index contributed by atoms with van der Waals surface area (Å²) < 4.78 is 13.3. The summed E-state index contributed by atoms with van der Waals surface area (Å²) >= 11 is 6.11. The minimum absolute atomic E-state index is 0.103. The highest BCUT2D eigenvalue weighted by molar-refractivity contribution is 6.31. The molecular formula is C21H14ClFN2O. The number of phenolic OH excluding ortho intramolecular Hbond substituents is 1. The summed E-state index contributed by atoms with van der Waals surface area (Å²) in [5, 5.41) is 10.8. The van der Waals surface area contributed by atoms with E-state index in [1.165, 1.54) is 12.1 Å². The Kier molecular flexibility index (Phi) is 4.27. The number of hydrogen-bond donors (Lipinski definition) is 1. The third-order valence-electron chi connectivity index (χ3n) is 4.17. The van der Waals surface area contributed by atoms with E-state index in [4.69, 9.17) is 21.6 Å². The van der Waals surface area contributed by atoms with Crippen molar-refractivity contribution in [3.63, 3.8) is 0 Å². The van der Waals surface area contributed by atoms with Crippen molar-refractivity contribution in [2.75, 3.05) is 0 Å². The normalized spacial score (nSPS) is 13.5. The molecule has 1 aliphatic heterocycles. The maximum Gasteiger partial charge on any atom is 0.124 e. The number of halogens is 2. The Morgan fingerprint density at radius 2 is 1.50 bits per heavy atom. The number of aliphatic imine (C=N–C) groups is 2. The van der Waals surface area contributed by atoms with Gasteiger partial charge in [0.15, 0.2) is 0 Å². The average molecular weight is 365 g/mol. The van der Waals surface area contributed by atoms with Gasteiger partial charge in [-0.2, -0.15) is 0 Å². The smallest absolute Gasteiger partial charge is 0.124 e. The molecule has 1 heterocycles. The molecule has 1 N–H and O–H groups in total. The molecule has 5 heteroatoms. The van der Waals surface area contributed by atoms with Crippen molar-refractivity contribution in [3.8, 4) is 5.75 Å². The van der Waals surface area contributed by atoms with Gasteiger partial charge in [0.05, 0.1) is 22.8 Å². The lowest BCUT2D eigenvalue weighted by atomic mass is 9.99. The number of para-hydroxylation sites is 2. The first-order valence-electron chi connectivity index (χ1n) is 8.09. The van der Waals surface area contributed by atoms with Crippen LogP contribution in [0.4, 0.5) is 15.8 Å². The van der Waals surface area contributed by atoms with Crippen LogP contribution in [0.2, 0.25) is 5.02 Å². The number of hydrogen-bond acceptors (Lipinski definition) is 3. The van der Waals surface area contributed by atoms with E-state index in [1.807, 2.05) is 24.3 Å². The molecule has 0 spiro atoms. The van der Waals surface area contributed by atoms with Gasteiger partial charge in [-0.1, -0.05) is 35.9 Å². The van der Waals surface area contributed by atoms with Gasteiger partial charge in [0.25, 0.3) is 0 Å². The van der Waals surface area contributed by atoms with E-state index in [1.54, 1.807) is 30.3 Å². The topological polar surface area (TPSA) is 45.0 Å². The maximum atomic E-state index is 13.3. The van der Waals surface area contributed by atoms with Gasteiger partial charge in [0.1, 0.15) is 11.6 Å². The Morgan fingerprint density at radius 1 is 0.846 bits per heavy atom. The standard InChI is InChI=1S/C21H14ClFN2O/c22-14-7-10-21(26)16(11-14)20-12-19(13-5-8-15(23)9-6-13)24-17-3-1-2-4-18(17)25-20/h1-11,26H,12H2. The molecule has 26 heavy (non-hydrogen) atoms. The largest absolute Gasteiger partial charge is 0.507 e.